The van der Waals surface area contributed by atoms with E-state index in [1.165, 1.54) is 5.56 Å². The molecule has 0 bridgehead atoms. The molecule has 1 aliphatic rings. The molecule has 140 valence electrons. The van der Waals surface area contributed by atoms with Crippen molar-refractivity contribution in [3.63, 3.8) is 0 Å². The van der Waals surface area contributed by atoms with E-state index in [9.17, 15) is 4.79 Å². The average Bonchev–Trinajstić information content (AvgIpc) is 3.25. The summed E-state index contributed by atoms with van der Waals surface area (Å²) in [6.45, 7) is 6.55. The second-order valence-corrected chi connectivity index (χ2v) is 9.13. The molecule has 9 nitrogen and oxygen atoms in total. The Morgan fingerprint density at radius 2 is 2.22 bits per heavy atom. The molecule has 1 N–H and O–H groups in total. The second-order valence-electron chi connectivity index (χ2n) is 7.10. The molecule has 0 saturated heterocycles. The number of carbonyl (C=O) groups is 1. The van der Waals surface area contributed by atoms with Crippen LogP contribution in [-0.4, -0.2) is 51.6 Å². The first-order chi connectivity index (χ1) is 12.8. The predicted molar refractivity (Wildman–Crippen MR) is 101 cm³/mol. The van der Waals surface area contributed by atoms with Gasteiger partial charge in [-0.15, -0.1) is 26.6 Å². The summed E-state index contributed by atoms with van der Waals surface area (Å²) in [5, 5.41) is 23.6. The molecule has 0 spiro atoms. The molecule has 0 radical (unpaired) electrons. The van der Waals surface area contributed by atoms with Gasteiger partial charge < -0.3 is 9.84 Å². The number of fused-ring (bicyclic) bond motifs is 8. The van der Waals surface area contributed by atoms with Gasteiger partial charge in [0.25, 0.3) is 5.78 Å². The summed E-state index contributed by atoms with van der Waals surface area (Å²) in [4.78, 5) is 17.8. The van der Waals surface area contributed by atoms with Gasteiger partial charge in [-0.25, -0.2) is 9.38 Å². The van der Waals surface area contributed by atoms with E-state index < -0.39 is 5.97 Å². The standard InChI is InChI=1S/C16H16N6O3S2/c1-7-17-12-11-8-4-16(2,3)25-5-9(8)27-13(11)21-14(22(12)20-7)18-19-15(21)26-6-10(23)24/h4-6H2,1-3H3,(H,23,24). The van der Waals surface area contributed by atoms with Crippen molar-refractivity contribution in [3.8, 4) is 0 Å². The molecule has 1 aliphatic heterocycles. The minimum Gasteiger partial charge on any atom is -0.481 e. The van der Waals surface area contributed by atoms with Gasteiger partial charge in [0.15, 0.2) is 10.8 Å². The van der Waals surface area contributed by atoms with Crippen molar-refractivity contribution in [2.24, 2.45) is 0 Å². The lowest BCUT2D eigenvalue weighted by molar-refractivity contribution is -0.133. The number of carboxylic acids is 1. The summed E-state index contributed by atoms with van der Waals surface area (Å²) in [5.74, 6) is 0.201. The summed E-state index contributed by atoms with van der Waals surface area (Å²) >= 11 is 2.77. The number of hydrogen-bond donors (Lipinski definition) is 1. The van der Waals surface area contributed by atoms with Crippen molar-refractivity contribution in [1.29, 1.82) is 0 Å². The van der Waals surface area contributed by atoms with Crippen LogP contribution in [0.1, 0.15) is 30.1 Å². The Bertz CT molecular complexity index is 1240. The minimum atomic E-state index is -0.897. The lowest BCUT2D eigenvalue weighted by atomic mass is 9.94. The van der Waals surface area contributed by atoms with Crippen LogP contribution in [0.5, 0.6) is 0 Å². The molecule has 0 unspecified atom stereocenters. The van der Waals surface area contributed by atoms with Crippen LogP contribution >= 0.6 is 23.1 Å². The molecule has 0 aliphatic carbocycles. The molecule has 5 heterocycles. The molecule has 0 saturated carbocycles. The third-order valence-electron chi connectivity index (χ3n) is 4.54. The van der Waals surface area contributed by atoms with E-state index in [1.807, 2.05) is 11.3 Å². The Morgan fingerprint density at radius 3 is 3.00 bits per heavy atom. The molecular weight excluding hydrogens is 388 g/mol. The van der Waals surface area contributed by atoms with Crippen LogP contribution in [0.2, 0.25) is 0 Å². The number of aliphatic carboxylic acids is 1. The van der Waals surface area contributed by atoms with Crippen LogP contribution in [0.15, 0.2) is 5.16 Å². The van der Waals surface area contributed by atoms with Gasteiger partial charge in [-0.3, -0.25) is 4.79 Å². The average molecular weight is 404 g/mol. The minimum absolute atomic E-state index is 0.0854. The van der Waals surface area contributed by atoms with E-state index in [0.29, 0.717) is 23.4 Å². The van der Waals surface area contributed by atoms with Crippen LogP contribution in [0, 0.1) is 6.92 Å². The van der Waals surface area contributed by atoms with E-state index in [0.717, 1.165) is 38.9 Å². The van der Waals surface area contributed by atoms with Crippen molar-refractivity contribution in [2.75, 3.05) is 5.75 Å². The first kappa shape index (κ1) is 16.9. The first-order valence-corrected chi connectivity index (χ1v) is 10.2. The highest BCUT2D eigenvalue weighted by Gasteiger charge is 2.32. The molecule has 0 amide bonds. The molecule has 0 aromatic carbocycles. The number of hydrogen-bond acceptors (Lipinski definition) is 8. The van der Waals surface area contributed by atoms with E-state index in [1.54, 1.807) is 15.9 Å². The van der Waals surface area contributed by atoms with Gasteiger partial charge >= 0.3 is 5.97 Å². The molecule has 0 atom stereocenters. The molecular formula is C16H16N6O3S2. The Morgan fingerprint density at radius 1 is 1.41 bits per heavy atom. The van der Waals surface area contributed by atoms with Gasteiger partial charge in [0.05, 0.1) is 23.3 Å². The molecule has 0 fully saturated rings. The Kier molecular flexibility index (Phi) is 3.52. The van der Waals surface area contributed by atoms with Crippen LogP contribution in [0.3, 0.4) is 0 Å². The summed E-state index contributed by atoms with van der Waals surface area (Å²) in [7, 11) is 0. The van der Waals surface area contributed by atoms with E-state index in [-0.39, 0.29) is 11.4 Å². The smallest absolute Gasteiger partial charge is 0.313 e. The Balaban J connectivity index is 1.88. The summed E-state index contributed by atoms with van der Waals surface area (Å²) in [6, 6.07) is 0. The Hall–Kier alpha value is -2.24. The van der Waals surface area contributed by atoms with Crippen molar-refractivity contribution in [1.82, 2.24) is 29.2 Å². The zero-order chi connectivity index (χ0) is 18.9. The molecule has 5 rings (SSSR count). The van der Waals surface area contributed by atoms with Crippen LogP contribution in [-0.2, 0) is 22.6 Å². The first-order valence-electron chi connectivity index (χ1n) is 8.37. The summed E-state index contributed by atoms with van der Waals surface area (Å²) in [6.07, 6.45) is 0.773. The van der Waals surface area contributed by atoms with Gasteiger partial charge in [-0.05, 0) is 26.3 Å². The fourth-order valence-electron chi connectivity index (χ4n) is 3.44. The highest BCUT2D eigenvalue weighted by atomic mass is 32.2. The quantitative estimate of drug-likeness (QED) is 0.519. The van der Waals surface area contributed by atoms with E-state index in [2.05, 4.69) is 34.1 Å². The largest absolute Gasteiger partial charge is 0.481 e. The molecule has 11 heteroatoms. The SMILES string of the molecule is Cc1nc2c3c4c(sc3n3c(SCC(=O)O)nnc3n2n1)COC(C)(C)C4. The zero-order valence-electron chi connectivity index (χ0n) is 14.9. The molecule has 27 heavy (non-hydrogen) atoms. The van der Waals surface area contributed by atoms with Gasteiger partial charge in [-0.2, -0.15) is 4.52 Å². The predicted octanol–water partition coefficient (Wildman–Crippen LogP) is 2.32. The van der Waals surface area contributed by atoms with Crippen molar-refractivity contribution in [2.45, 2.75) is 44.6 Å². The highest BCUT2D eigenvalue weighted by molar-refractivity contribution is 7.99. The third-order valence-corrected chi connectivity index (χ3v) is 6.64. The van der Waals surface area contributed by atoms with Crippen LogP contribution in [0.4, 0.5) is 0 Å². The monoisotopic (exact) mass is 404 g/mol. The second kappa shape index (κ2) is 5.63. The van der Waals surface area contributed by atoms with Crippen molar-refractivity contribution in [3.05, 3.63) is 16.3 Å². The van der Waals surface area contributed by atoms with Gasteiger partial charge in [0, 0.05) is 11.3 Å². The van der Waals surface area contributed by atoms with E-state index in [4.69, 9.17) is 9.84 Å². The normalized spacial score (nSPS) is 16.4. The third kappa shape index (κ3) is 2.52. The Labute approximate surface area is 161 Å². The fraction of sp³-hybridized carbons (Fsp3) is 0.438. The van der Waals surface area contributed by atoms with Crippen molar-refractivity contribution >= 4 is 50.7 Å². The topological polar surface area (TPSA) is 107 Å². The molecule has 4 aromatic rings. The number of aryl methyl sites for hydroxylation is 1. The summed E-state index contributed by atoms with van der Waals surface area (Å²) < 4.78 is 9.57. The number of aromatic nitrogens is 6. The van der Waals surface area contributed by atoms with Gasteiger partial charge in [0.1, 0.15) is 10.7 Å². The number of thiophene rings is 1. The van der Waals surface area contributed by atoms with Gasteiger partial charge in [-0.1, -0.05) is 11.8 Å². The number of ether oxygens (including phenoxy) is 1. The van der Waals surface area contributed by atoms with Crippen LogP contribution in [0.25, 0.3) is 21.6 Å². The van der Waals surface area contributed by atoms with Crippen LogP contribution < -0.4 is 0 Å². The maximum Gasteiger partial charge on any atom is 0.313 e. The van der Waals surface area contributed by atoms with Gasteiger partial charge in [0.2, 0.25) is 0 Å². The zero-order valence-corrected chi connectivity index (χ0v) is 16.5. The lowest BCUT2D eigenvalue weighted by Crippen LogP contribution is -2.31. The van der Waals surface area contributed by atoms with E-state index >= 15 is 0 Å². The maximum absolute atomic E-state index is 11.0. The molecule has 4 aromatic heterocycles. The lowest BCUT2D eigenvalue weighted by Gasteiger charge is -2.30. The highest BCUT2D eigenvalue weighted by Crippen LogP contribution is 2.41. The number of thioether (sulfide) groups is 1. The fourth-order valence-corrected chi connectivity index (χ4v) is 5.38. The van der Waals surface area contributed by atoms with Crippen molar-refractivity contribution < 1.29 is 14.6 Å². The number of nitrogens with zero attached hydrogens (tertiary/aromatic N) is 6. The number of rotatable bonds is 3. The number of carboxylic acid groups (broad SMARTS) is 1. The summed E-state index contributed by atoms with van der Waals surface area (Å²) in [5.41, 5.74) is 1.72. The maximum atomic E-state index is 11.0.